The highest BCUT2D eigenvalue weighted by Gasteiger charge is 2.20. The van der Waals surface area contributed by atoms with Crippen LogP contribution in [0.25, 0.3) is 0 Å². The van der Waals surface area contributed by atoms with Crippen molar-refractivity contribution in [3.05, 3.63) is 47.7 Å². The third-order valence-corrected chi connectivity index (χ3v) is 4.66. The van der Waals surface area contributed by atoms with Crippen LogP contribution in [0.2, 0.25) is 0 Å². The van der Waals surface area contributed by atoms with Crippen LogP contribution in [-0.4, -0.2) is 76.8 Å². The zero-order chi connectivity index (χ0) is 19.2. The molecule has 1 saturated heterocycles. The summed E-state index contributed by atoms with van der Waals surface area (Å²) in [5, 5.41) is 0. The number of aryl methyl sites for hydroxylation is 1. The molecule has 3 rings (SSSR count). The number of likely N-dealkylation sites (N-methyl/N-ethyl adjacent to an activating group) is 1. The van der Waals surface area contributed by atoms with Crippen LogP contribution in [0.3, 0.4) is 0 Å². The van der Waals surface area contributed by atoms with Crippen molar-refractivity contribution in [2.75, 3.05) is 44.7 Å². The number of carbonyl (C=O) groups is 2. The second kappa shape index (κ2) is 8.57. The highest BCUT2D eigenvalue weighted by molar-refractivity contribution is 5.92. The van der Waals surface area contributed by atoms with Gasteiger partial charge in [0.1, 0.15) is 17.3 Å². The lowest BCUT2D eigenvalue weighted by atomic mass is 10.2. The molecular formula is C19H24N6O2. The third kappa shape index (κ3) is 4.78. The first-order valence-electron chi connectivity index (χ1n) is 9.01. The molecule has 1 fully saturated rings. The zero-order valence-electron chi connectivity index (χ0n) is 15.7. The molecular weight excluding hydrogens is 344 g/mol. The number of hydrogen-bond acceptors (Lipinski definition) is 6. The Hall–Kier alpha value is -3.03. The molecule has 0 aromatic carbocycles. The fraction of sp³-hybridized carbons (Fsp3) is 0.421. The number of amides is 2. The number of hydrogen-bond donors (Lipinski definition) is 0. The van der Waals surface area contributed by atoms with Crippen molar-refractivity contribution in [2.45, 2.75) is 13.3 Å². The van der Waals surface area contributed by atoms with Crippen molar-refractivity contribution in [3.63, 3.8) is 0 Å². The van der Waals surface area contributed by atoms with Crippen molar-refractivity contribution in [1.82, 2.24) is 24.8 Å². The van der Waals surface area contributed by atoms with E-state index in [1.54, 1.807) is 42.2 Å². The molecule has 2 amide bonds. The molecule has 0 radical (unpaired) electrons. The summed E-state index contributed by atoms with van der Waals surface area (Å²) in [6.45, 7) is 5.09. The minimum absolute atomic E-state index is 0.123. The fourth-order valence-corrected chi connectivity index (χ4v) is 3.02. The van der Waals surface area contributed by atoms with E-state index in [-0.39, 0.29) is 5.91 Å². The minimum atomic E-state index is -0.123. The van der Waals surface area contributed by atoms with Crippen molar-refractivity contribution in [3.8, 4) is 0 Å². The molecule has 0 N–H and O–H groups in total. The van der Waals surface area contributed by atoms with Crippen molar-refractivity contribution >= 4 is 18.1 Å². The SMILES string of the molecule is Cc1nc(C(=O)N(C)CCc2ccncc2)cc(N2CCN(C=O)CC2)n1. The fourth-order valence-electron chi connectivity index (χ4n) is 3.02. The Morgan fingerprint density at radius 1 is 1.19 bits per heavy atom. The standard InChI is InChI=1S/C19H24N6O2/c1-15-21-17(13-18(22-15)25-11-9-24(14-26)10-12-25)19(27)23(2)8-5-16-3-6-20-7-4-16/h3-4,6-7,13-14H,5,8-12H2,1-2H3. The maximum Gasteiger partial charge on any atom is 0.272 e. The summed E-state index contributed by atoms with van der Waals surface area (Å²) >= 11 is 0. The van der Waals surface area contributed by atoms with E-state index in [2.05, 4.69) is 19.9 Å². The minimum Gasteiger partial charge on any atom is -0.353 e. The van der Waals surface area contributed by atoms with Crippen LogP contribution in [0.15, 0.2) is 30.6 Å². The van der Waals surface area contributed by atoms with Crippen molar-refractivity contribution in [1.29, 1.82) is 0 Å². The Morgan fingerprint density at radius 3 is 2.56 bits per heavy atom. The Kier molecular flexibility index (Phi) is 5.95. The molecule has 3 heterocycles. The van der Waals surface area contributed by atoms with Gasteiger partial charge in [0, 0.05) is 58.2 Å². The zero-order valence-corrected chi connectivity index (χ0v) is 15.7. The second-order valence-electron chi connectivity index (χ2n) is 6.62. The molecule has 2 aromatic rings. The Labute approximate surface area is 158 Å². The van der Waals surface area contributed by atoms with E-state index in [0.29, 0.717) is 44.2 Å². The van der Waals surface area contributed by atoms with E-state index < -0.39 is 0 Å². The number of anilines is 1. The average molecular weight is 368 g/mol. The smallest absolute Gasteiger partial charge is 0.272 e. The van der Waals surface area contributed by atoms with Gasteiger partial charge in [0.2, 0.25) is 6.41 Å². The maximum atomic E-state index is 12.8. The molecule has 0 aliphatic carbocycles. The first-order chi connectivity index (χ1) is 13.1. The quantitative estimate of drug-likeness (QED) is 0.701. The summed E-state index contributed by atoms with van der Waals surface area (Å²) in [6.07, 6.45) is 5.13. The van der Waals surface area contributed by atoms with Crippen LogP contribution in [-0.2, 0) is 11.2 Å². The molecule has 0 unspecified atom stereocenters. The predicted molar refractivity (Wildman–Crippen MR) is 102 cm³/mol. The Morgan fingerprint density at radius 2 is 1.89 bits per heavy atom. The molecule has 27 heavy (non-hydrogen) atoms. The van der Waals surface area contributed by atoms with E-state index in [9.17, 15) is 9.59 Å². The molecule has 1 aliphatic heterocycles. The molecule has 2 aromatic heterocycles. The van der Waals surface area contributed by atoms with E-state index in [0.717, 1.165) is 24.2 Å². The summed E-state index contributed by atoms with van der Waals surface area (Å²) in [5.41, 5.74) is 1.53. The lowest BCUT2D eigenvalue weighted by Gasteiger charge is -2.33. The van der Waals surface area contributed by atoms with Crippen LogP contribution in [0.5, 0.6) is 0 Å². The Balaban J connectivity index is 1.67. The molecule has 142 valence electrons. The summed E-state index contributed by atoms with van der Waals surface area (Å²) in [7, 11) is 1.78. The van der Waals surface area contributed by atoms with Crippen LogP contribution in [0.4, 0.5) is 5.82 Å². The van der Waals surface area contributed by atoms with E-state index in [1.807, 2.05) is 12.1 Å². The molecule has 0 saturated carbocycles. The van der Waals surface area contributed by atoms with Crippen LogP contribution in [0, 0.1) is 6.92 Å². The van der Waals surface area contributed by atoms with Gasteiger partial charge in [0.25, 0.3) is 5.91 Å². The van der Waals surface area contributed by atoms with E-state index in [1.165, 1.54) is 0 Å². The second-order valence-corrected chi connectivity index (χ2v) is 6.62. The van der Waals surface area contributed by atoms with Gasteiger partial charge in [-0.25, -0.2) is 9.97 Å². The summed E-state index contributed by atoms with van der Waals surface area (Å²) in [4.78, 5) is 42.0. The van der Waals surface area contributed by atoms with Gasteiger partial charge >= 0.3 is 0 Å². The first-order valence-corrected chi connectivity index (χ1v) is 9.01. The van der Waals surface area contributed by atoms with Crippen molar-refractivity contribution in [2.24, 2.45) is 0 Å². The van der Waals surface area contributed by atoms with Gasteiger partial charge in [-0.15, -0.1) is 0 Å². The molecule has 0 atom stereocenters. The van der Waals surface area contributed by atoms with Crippen LogP contribution in [0.1, 0.15) is 21.9 Å². The molecule has 0 bridgehead atoms. The lowest BCUT2D eigenvalue weighted by molar-refractivity contribution is -0.118. The van der Waals surface area contributed by atoms with E-state index in [4.69, 9.17) is 0 Å². The largest absolute Gasteiger partial charge is 0.353 e. The highest BCUT2D eigenvalue weighted by atomic mass is 16.2. The number of pyridine rings is 1. The number of rotatable bonds is 6. The van der Waals surface area contributed by atoms with Gasteiger partial charge in [-0.1, -0.05) is 0 Å². The maximum absolute atomic E-state index is 12.8. The van der Waals surface area contributed by atoms with Gasteiger partial charge in [-0.3, -0.25) is 14.6 Å². The van der Waals surface area contributed by atoms with Crippen LogP contribution >= 0.6 is 0 Å². The molecule has 8 heteroatoms. The monoisotopic (exact) mass is 368 g/mol. The lowest BCUT2D eigenvalue weighted by Crippen LogP contribution is -2.46. The topological polar surface area (TPSA) is 82.5 Å². The number of aromatic nitrogens is 3. The van der Waals surface area contributed by atoms with Gasteiger partial charge in [0.05, 0.1) is 0 Å². The van der Waals surface area contributed by atoms with E-state index >= 15 is 0 Å². The molecule has 1 aliphatic rings. The summed E-state index contributed by atoms with van der Waals surface area (Å²) in [5.74, 6) is 1.18. The molecule has 8 nitrogen and oxygen atoms in total. The number of carbonyl (C=O) groups excluding carboxylic acids is 2. The van der Waals surface area contributed by atoms with Gasteiger partial charge in [-0.05, 0) is 31.0 Å². The Bertz CT molecular complexity index is 790. The third-order valence-electron chi connectivity index (χ3n) is 4.66. The van der Waals surface area contributed by atoms with Gasteiger partial charge < -0.3 is 14.7 Å². The van der Waals surface area contributed by atoms with Crippen LogP contribution < -0.4 is 4.90 Å². The molecule has 0 spiro atoms. The predicted octanol–water partition coefficient (Wildman–Crippen LogP) is 0.773. The summed E-state index contributed by atoms with van der Waals surface area (Å²) < 4.78 is 0. The number of nitrogens with zero attached hydrogens (tertiary/aromatic N) is 6. The number of piperazine rings is 1. The summed E-state index contributed by atoms with van der Waals surface area (Å²) in [6, 6.07) is 5.64. The normalized spacial score (nSPS) is 14.1. The highest BCUT2D eigenvalue weighted by Crippen LogP contribution is 2.16. The average Bonchev–Trinajstić information content (AvgIpc) is 2.71. The van der Waals surface area contributed by atoms with Gasteiger partial charge in [-0.2, -0.15) is 0 Å². The van der Waals surface area contributed by atoms with Crippen molar-refractivity contribution < 1.29 is 9.59 Å². The first kappa shape index (κ1) is 18.8. The van der Waals surface area contributed by atoms with Gasteiger partial charge in [0.15, 0.2) is 0 Å².